The van der Waals surface area contributed by atoms with Crippen LogP contribution in [-0.2, 0) is 16.0 Å². The number of unbranched alkanes of at least 4 members (excludes halogenated alkanes) is 1. The predicted molar refractivity (Wildman–Crippen MR) is 126 cm³/mol. The Bertz CT molecular complexity index is 851. The van der Waals surface area contributed by atoms with Crippen LogP contribution in [0.3, 0.4) is 0 Å². The van der Waals surface area contributed by atoms with Gasteiger partial charge in [-0.1, -0.05) is 30.5 Å². The molecule has 5 rings (SSSR count). The lowest BCUT2D eigenvalue weighted by molar-refractivity contribution is -0.153. The molecule has 170 valence electrons. The smallest absolute Gasteiger partial charge is 0.229 e. The Morgan fingerprint density at radius 1 is 1.03 bits per heavy atom. The molecule has 2 amide bonds. The lowest BCUT2D eigenvalue weighted by Crippen LogP contribution is -2.47. The SMILES string of the molecule is Br.O=C1CC2(CCCC2)CC(=O)N1CCCCN1CC2Cc3ccc(Cl)c(O)c3C2C1. The number of piperidine rings is 1. The highest BCUT2D eigenvalue weighted by Gasteiger charge is 2.45. The van der Waals surface area contributed by atoms with Crippen molar-refractivity contribution in [3.63, 3.8) is 0 Å². The summed E-state index contributed by atoms with van der Waals surface area (Å²) in [5, 5.41) is 10.9. The third-order valence-electron chi connectivity index (χ3n) is 8.05. The first kappa shape index (κ1) is 23.1. The highest BCUT2D eigenvalue weighted by atomic mass is 79.9. The van der Waals surface area contributed by atoms with Gasteiger partial charge in [-0.3, -0.25) is 14.5 Å². The topological polar surface area (TPSA) is 60.9 Å². The molecule has 2 atom stereocenters. The lowest BCUT2D eigenvalue weighted by Gasteiger charge is -2.37. The summed E-state index contributed by atoms with van der Waals surface area (Å²) in [6, 6.07) is 3.86. The van der Waals surface area contributed by atoms with E-state index in [9.17, 15) is 14.7 Å². The van der Waals surface area contributed by atoms with E-state index in [1.165, 1.54) is 10.5 Å². The molecule has 2 unspecified atom stereocenters. The van der Waals surface area contributed by atoms with Gasteiger partial charge in [0.15, 0.2) is 0 Å². The van der Waals surface area contributed by atoms with Crippen LogP contribution in [0.25, 0.3) is 0 Å². The summed E-state index contributed by atoms with van der Waals surface area (Å²) in [5.41, 5.74) is 2.29. The van der Waals surface area contributed by atoms with Crippen LogP contribution in [-0.4, -0.2) is 52.9 Å². The van der Waals surface area contributed by atoms with E-state index in [2.05, 4.69) is 11.0 Å². The number of carbonyl (C=O) groups excluding carboxylic acids is 2. The number of nitrogens with zero attached hydrogens (tertiary/aromatic N) is 2. The number of rotatable bonds is 5. The van der Waals surface area contributed by atoms with Crippen LogP contribution in [0.4, 0.5) is 0 Å². The number of fused-ring (bicyclic) bond motifs is 3. The van der Waals surface area contributed by atoms with Crippen molar-refractivity contribution in [2.45, 2.75) is 63.7 Å². The number of phenols is 1. The Balaban J connectivity index is 0.00000231. The van der Waals surface area contributed by atoms with Crippen molar-refractivity contribution in [2.75, 3.05) is 26.2 Å². The zero-order valence-electron chi connectivity index (χ0n) is 17.9. The number of carbonyl (C=O) groups is 2. The molecule has 7 heteroatoms. The van der Waals surface area contributed by atoms with Crippen LogP contribution in [0.2, 0.25) is 5.02 Å². The number of amides is 2. The molecule has 5 nitrogen and oxygen atoms in total. The van der Waals surface area contributed by atoms with Gasteiger partial charge in [0.1, 0.15) is 5.75 Å². The molecular weight excluding hydrogens is 480 g/mol. The molecule has 3 fully saturated rings. The average molecular weight is 512 g/mol. The lowest BCUT2D eigenvalue weighted by atomic mass is 9.76. The van der Waals surface area contributed by atoms with Gasteiger partial charge < -0.3 is 10.0 Å². The van der Waals surface area contributed by atoms with Crippen molar-refractivity contribution in [1.82, 2.24) is 9.80 Å². The van der Waals surface area contributed by atoms with Crippen molar-refractivity contribution in [2.24, 2.45) is 11.3 Å². The number of benzene rings is 1. The van der Waals surface area contributed by atoms with E-state index in [1.54, 1.807) is 6.07 Å². The van der Waals surface area contributed by atoms with E-state index in [0.29, 0.717) is 36.2 Å². The second kappa shape index (κ2) is 9.03. The van der Waals surface area contributed by atoms with Gasteiger partial charge in [-0.25, -0.2) is 0 Å². The number of hydrogen-bond acceptors (Lipinski definition) is 4. The average Bonchev–Trinajstić information content (AvgIpc) is 3.38. The fourth-order valence-corrected chi connectivity index (χ4v) is 6.71. The third kappa shape index (κ3) is 4.28. The van der Waals surface area contributed by atoms with Crippen molar-refractivity contribution in [3.8, 4) is 5.75 Å². The van der Waals surface area contributed by atoms with Gasteiger partial charge in [0, 0.05) is 44.0 Å². The summed E-state index contributed by atoms with van der Waals surface area (Å²) < 4.78 is 0. The summed E-state index contributed by atoms with van der Waals surface area (Å²) in [4.78, 5) is 29.2. The molecule has 1 aromatic carbocycles. The zero-order valence-corrected chi connectivity index (χ0v) is 20.4. The standard InChI is InChI=1S/C24H31ClN2O3.BrH/c25-19-6-5-16-11-17-14-26(15-18(17)22(16)23(19)30)9-3-4-10-27-20(28)12-24(13-21(27)29)7-1-2-8-24;/h5-6,17-18,30H,1-4,7-15H2;1H. The number of aromatic hydroxyl groups is 1. The molecule has 1 N–H and O–H groups in total. The van der Waals surface area contributed by atoms with E-state index >= 15 is 0 Å². The number of phenolic OH excluding ortho intramolecular Hbond substituents is 1. The fourth-order valence-electron chi connectivity index (χ4n) is 6.54. The van der Waals surface area contributed by atoms with Crippen LogP contribution in [0.1, 0.15) is 68.4 Å². The maximum absolute atomic E-state index is 12.6. The van der Waals surface area contributed by atoms with Crippen molar-refractivity contribution < 1.29 is 14.7 Å². The number of likely N-dealkylation sites (tertiary alicyclic amines) is 2. The van der Waals surface area contributed by atoms with Crippen LogP contribution >= 0.6 is 28.6 Å². The largest absolute Gasteiger partial charge is 0.506 e. The van der Waals surface area contributed by atoms with Crippen LogP contribution in [0.15, 0.2) is 12.1 Å². The van der Waals surface area contributed by atoms with Gasteiger partial charge >= 0.3 is 0 Å². The van der Waals surface area contributed by atoms with Gasteiger partial charge in [-0.2, -0.15) is 0 Å². The minimum Gasteiger partial charge on any atom is -0.506 e. The molecule has 2 saturated heterocycles. The third-order valence-corrected chi connectivity index (χ3v) is 8.36. The summed E-state index contributed by atoms with van der Waals surface area (Å²) >= 11 is 6.14. The van der Waals surface area contributed by atoms with E-state index < -0.39 is 0 Å². The Morgan fingerprint density at radius 3 is 2.42 bits per heavy atom. The van der Waals surface area contributed by atoms with Crippen molar-refractivity contribution in [3.05, 3.63) is 28.3 Å². The molecule has 2 heterocycles. The second-order valence-corrected chi connectivity index (χ2v) is 10.4. The monoisotopic (exact) mass is 510 g/mol. The number of halogens is 2. The molecule has 1 aromatic rings. The summed E-state index contributed by atoms with van der Waals surface area (Å²) in [6.07, 6.45) is 8.40. The second-order valence-electron chi connectivity index (χ2n) is 10.0. The van der Waals surface area contributed by atoms with E-state index in [1.807, 2.05) is 0 Å². The Hall–Kier alpha value is -1.11. The predicted octanol–water partition coefficient (Wildman–Crippen LogP) is 4.68. The summed E-state index contributed by atoms with van der Waals surface area (Å²) in [7, 11) is 0. The molecular formula is C24H32BrClN2O3. The van der Waals surface area contributed by atoms with Crippen LogP contribution in [0, 0.1) is 11.3 Å². The van der Waals surface area contributed by atoms with Gasteiger partial charge in [-0.15, -0.1) is 17.0 Å². The first-order valence-electron chi connectivity index (χ1n) is 11.5. The van der Waals surface area contributed by atoms with Gasteiger partial charge in [0.25, 0.3) is 0 Å². The van der Waals surface area contributed by atoms with E-state index in [-0.39, 0.29) is 40.0 Å². The Morgan fingerprint density at radius 2 is 1.71 bits per heavy atom. The maximum atomic E-state index is 12.6. The molecule has 0 aromatic heterocycles. The van der Waals surface area contributed by atoms with E-state index in [0.717, 1.165) is 70.1 Å². The minimum atomic E-state index is -0.0112. The molecule has 1 saturated carbocycles. The highest BCUT2D eigenvalue weighted by Crippen LogP contribution is 2.49. The maximum Gasteiger partial charge on any atom is 0.229 e. The van der Waals surface area contributed by atoms with Crippen molar-refractivity contribution in [1.29, 1.82) is 0 Å². The molecule has 2 aliphatic heterocycles. The van der Waals surface area contributed by atoms with Crippen LogP contribution in [0.5, 0.6) is 5.75 Å². The normalized spacial score (nSPS) is 26.9. The Labute approximate surface area is 199 Å². The van der Waals surface area contributed by atoms with Gasteiger partial charge in [-0.05, 0) is 61.6 Å². The first-order chi connectivity index (χ1) is 14.5. The molecule has 31 heavy (non-hydrogen) atoms. The van der Waals surface area contributed by atoms with Crippen molar-refractivity contribution >= 4 is 40.4 Å². The molecule has 1 spiro atoms. The summed E-state index contributed by atoms with van der Waals surface area (Å²) in [6.45, 7) is 3.54. The van der Waals surface area contributed by atoms with E-state index in [4.69, 9.17) is 11.6 Å². The summed E-state index contributed by atoms with van der Waals surface area (Å²) in [5.74, 6) is 1.29. The number of imide groups is 1. The molecule has 4 aliphatic rings. The first-order valence-corrected chi connectivity index (χ1v) is 11.9. The molecule has 0 bridgehead atoms. The van der Waals surface area contributed by atoms with Crippen LogP contribution < -0.4 is 0 Å². The highest BCUT2D eigenvalue weighted by molar-refractivity contribution is 8.93. The fraction of sp³-hybridized carbons (Fsp3) is 0.667. The quantitative estimate of drug-likeness (QED) is 0.460. The van der Waals surface area contributed by atoms with Gasteiger partial charge in [0.05, 0.1) is 5.02 Å². The van der Waals surface area contributed by atoms with Gasteiger partial charge in [0.2, 0.25) is 11.8 Å². The zero-order chi connectivity index (χ0) is 20.9. The molecule has 2 aliphatic carbocycles. The molecule has 0 radical (unpaired) electrons. The Kier molecular flexibility index (Phi) is 6.72. The minimum absolute atomic E-state index is 0. The number of hydrogen-bond donors (Lipinski definition) is 1.